The Hall–Kier alpha value is -4.30. The number of aromatic amines is 2. The van der Waals surface area contributed by atoms with E-state index in [-0.39, 0.29) is 6.61 Å². The number of ether oxygens (including phenoxy) is 1. The molecule has 1 saturated heterocycles. The molecule has 1 unspecified atom stereocenters. The number of aliphatic hydroxyl groups is 2. The average molecular weight is 503 g/mol. The molecule has 0 aliphatic carbocycles. The van der Waals surface area contributed by atoms with Gasteiger partial charge in [0.2, 0.25) is 0 Å². The van der Waals surface area contributed by atoms with Crippen molar-refractivity contribution in [2.45, 2.75) is 24.7 Å². The van der Waals surface area contributed by atoms with Gasteiger partial charge in [0.1, 0.15) is 6.10 Å². The highest BCUT2D eigenvalue weighted by Gasteiger charge is 2.36. The van der Waals surface area contributed by atoms with Gasteiger partial charge in [0, 0.05) is 39.6 Å². The van der Waals surface area contributed by atoms with Crippen molar-refractivity contribution < 1.29 is 14.9 Å². The van der Waals surface area contributed by atoms with E-state index < -0.39 is 18.3 Å². The second-order valence-electron chi connectivity index (χ2n) is 9.76. The third kappa shape index (κ3) is 4.07. The van der Waals surface area contributed by atoms with Gasteiger partial charge in [-0.05, 0) is 66.3 Å². The molecule has 4 N–H and O–H groups in total. The van der Waals surface area contributed by atoms with Gasteiger partial charge in [0.25, 0.3) is 0 Å². The summed E-state index contributed by atoms with van der Waals surface area (Å²) in [6, 6.07) is 22.6. The lowest BCUT2D eigenvalue weighted by molar-refractivity contribution is -0.0227. The molecular formula is C31H26N4O3. The van der Waals surface area contributed by atoms with Gasteiger partial charge in [-0.3, -0.25) is 0 Å². The highest BCUT2D eigenvalue weighted by atomic mass is 16.5. The molecule has 1 aromatic carbocycles. The molecule has 7 heteroatoms. The van der Waals surface area contributed by atoms with E-state index in [2.05, 4.69) is 46.4 Å². The van der Waals surface area contributed by atoms with Gasteiger partial charge >= 0.3 is 0 Å². The van der Waals surface area contributed by atoms with Gasteiger partial charge in [-0.1, -0.05) is 30.3 Å². The molecule has 1 fully saturated rings. The average Bonchev–Trinajstić information content (AvgIpc) is 3.75. The zero-order valence-electron chi connectivity index (χ0n) is 20.5. The Labute approximate surface area is 218 Å². The van der Waals surface area contributed by atoms with Gasteiger partial charge in [0.15, 0.2) is 0 Å². The van der Waals surface area contributed by atoms with E-state index in [4.69, 9.17) is 14.7 Å². The standard InChI is InChI=1S/C31H26N4O3/c36-17-29-27(37)16-28(38-29)31-25-12-8-21(34-25)14-19-6-10-23(32-19)30(18-4-2-1-3-5-18)24-11-7-20(33-24)15-22-9-13-26(31)35-22/h1-15,27-29,32-33,36-37H,16-17H2/t27-,28?,29+/m0/s1. The van der Waals surface area contributed by atoms with E-state index in [1.807, 2.05) is 54.6 Å². The normalized spacial score (nSPS) is 20.3. The summed E-state index contributed by atoms with van der Waals surface area (Å²) in [5.41, 5.74) is 9.96. The summed E-state index contributed by atoms with van der Waals surface area (Å²) < 4.78 is 6.05. The summed E-state index contributed by atoms with van der Waals surface area (Å²) in [6.45, 7) is -0.238. The predicted molar refractivity (Wildman–Crippen MR) is 150 cm³/mol. The largest absolute Gasteiger partial charge is 0.394 e. The van der Waals surface area contributed by atoms with Crippen LogP contribution in [0.2, 0.25) is 0 Å². The van der Waals surface area contributed by atoms with Gasteiger partial charge < -0.3 is 24.9 Å². The van der Waals surface area contributed by atoms with E-state index in [9.17, 15) is 10.2 Å². The maximum absolute atomic E-state index is 10.4. The minimum Gasteiger partial charge on any atom is -0.394 e. The van der Waals surface area contributed by atoms with Crippen molar-refractivity contribution in [2.24, 2.45) is 0 Å². The Kier molecular flexibility index (Phi) is 5.55. The zero-order chi connectivity index (χ0) is 25.6. The number of fused-ring (bicyclic) bond motifs is 8. The van der Waals surface area contributed by atoms with Crippen LogP contribution in [0, 0.1) is 0 Å². The molecule has 8 bridgehead atoms. The first kappa shape index (κ1) is 22.9. The number of nitrogens with one attached hydrogen (secondary N) is 2. The number of hydrogen-bond acceptors (Lipinski definition) is 5. The Balaban J connectivity index is 1.51. The van der Waals surface area contributed by atoms with Crippen molar-refractivity contribution in [3.8, 4) is 11.1 Å². The maximum Gasteiger partial charge on any atom is 0.107 e. The Morgan fingerprint density at radius 1 is 0.789 bits per heavy atom. The predicted octanol–water partition coefficient (Wildman–Crippen LogP) is 5.51. The Morgan fingerprint density at radius 2 is 1.39 bits per heavy atom. The summed E-state index contributed by atoms with van der Waals surface area (Å²) in [5.74, 6) is 0. The van der Waals surface area contributed by atoms with Gasteiger partial charge in [0.05, 0.1) is 41.6 Å². The van der Waals surface area contributed by atoms with Crippen LogP contribution in [-0.4, -0.2) is 49.0 Å². The molecule has 3 atom stereocenters. The van der Waals surface area contributed by atoms with Crippen LogP contribution < -0.4 is 0 Å². The minimum atomic E-state index is -0.746. The highest BCUT2D eigenvalue weighted by Crippen LogP contribution is 2.38. The fourth-order valence-electron chi connectivity index (χ4n) is 5.42. The Morgan fingerprint density at radius 3 is 1.95 bits per heavy atom. The molecule has 7 nitrogen and oxygen atoms in total. The van der Waals surface area contributed by atoms with Gasteiger partial charge in [-0.25, -0.2) is 9.97 Å². The summed E-state index contributed by atoms with van der Waals surface area (Å²) in [6.07, 6.45) is 6.43. The first-order valence-electron chi connectivity index (χ1n) is 12.7. The molecule has 6 heterocycles. The molecule has 3 aliphatic heterocycles. The molecular weight excluding hydrogens is 476 g/mol. The highest BCUT2D eigenvalue weighted by molar-refractivity contribution is 5.93. The third-order valence-electron chi connectivity index (χ3n) is 7.23. The zero-order valence-corrected chi connectivity index (χ0v) is 20.5. The molecule has 7 rings (SSSR count). The van der Waals surface area contributed by atoms with Crippen LogP contribution in [0.4, 0.5) is 0 Å². The van der Waals surface area contributed by atoms with Crippen LogP contribution in [-0.2, 0) is 4.74 Å². The quantitative estimate of drug-likeness (QED) is 0.255. The molecule has 0 spiro atoms. The first-order chi connectivity index (χ1) is 18.6. The molecule has 38 heavy (non-hydrogen) atoms. The molecule has 0 radical (unpaired) electrons. The first-order valence-corrected chi connectivity index (χ1v) is 12.7. The molecule has 3 aromatic heterocycles. The number of hydrogen-bond donors (Lipinski definition) is 4. The van der Waals surface area contributed by atoms with E-state index in [1.165, 1.54) is 0 Å². The second-order valence-corrected chi connectivity index (χ2v) is 9.76. The van der Waals surface area contributed by atoms with Crippen molar-refractivity contribution in [2.75, 3.05) is 6.61 Å². The van der Waals surface area contributed by atoms with Gasteiger partial charge in [-0.2, -0.15) is 0 Å². The molecule has 4 aromatic rings. The summed E-state index contributed by atoms with van der Waals surface area (Å²) in [5, 5.41) is 20.1. The number of benzene rings is 1. The summed E-state index contributed by atoms with van der Waals surface area (Å²) in [4.78, 5) is 16.9. The minimum absolute atomic E-state index is 0.238. The number of aromatic nitrogens is 4. The van der Waals surface area contributed by atoms with Crippen LogP contribution in [0.25, 0.3) is 57.5 Å². The lowest BCUT2D eigenvalue weighted by Gasteiger charge is -2.14. The number of H-pyrrole nitrogens is 2. The van der Waals surface area contributed by atoms with Crippen molar-refractivity contribution in [1.82, 2.24) is 19.9 Å². The van der Waals surface area contributed by atoms with Crippen LogP contribution in [0.3, 0.4) is 0 Å². The maximum atomic E-state index is 10.4. The van der Waals surface area contributed by atoms with Crippen molar-refractivity contribution >= 4 is 46.4 Å². The number of aliphatic hydroxyl groups excluding tert-OH is 2. The monoisotopic (exact) mass is 502 g/mol. The number of nitrogens with zero attached hydrogens (tertiary/aromatic N) is 2. The summed E-state index contributed by atoms with van der Waals surface area (Å²) in [7, 11) is 0. The van der Waals surface area contributed by atoms with Gasteiger partial charge in [-0.15, -0.1) is 0 Å². The van der Waals surface area contributed by atoms with Crippen molar-refractivity contribution in [3.05, 3.63) is 95.1 Å². The van der Waals surface area contributed by atoms with E-state index in [0.717, 1.165) is 61.5 Å². The summed E-state index contributed by atoms with van der Waals surface area (Å²) >= 11 is 0. The molecule has 3 aliphatic rings. The van der Waals surface area contributed by atoms with Crippen molar-refractivity contribution in [3.63, 3.8) is 0 Å². The van der Waals surface area contributed by atoms with Crippen LogP contribution in [0.1, 0.15) is 40.9 Å². The molecule has 0 saturated carbocycles. The van der Waals surface area contributed by atoms with Crippen LogP contribution in [0.15, 0.2) is 66.7 Å². The smallest absolute Gasteiger partial charge is 0.107 e. The fraction of sp³-hybridized carbons (Fsp3) is 0.161. The number of rotatable bonds is 3. The molecule has 0 amide bonds. The fourth-order valence-corrected chi connectivity index (χ4v) is 5.42. The van der Waals surface area contributed by atoms with Crippen molar-refractivity contribution in [1.29, 1.82) is 0 Å². The SMILES string of the molecule is OC[C@H]1OC(c2c3nc(cc4ccc([nH]4)c(-c4ccccc4)c4ccc(cc5nc2C=C5)[nH]4)C=C3)C[C@@H]1O. The topological polar surface area (TPSA) is 107 Å². The van der Waals surface area contributed by atoms with E-state index in [0.29, 0.717) is 6.42 Å². The van der Waals surface area contributed by atoms with Crippen LogP contribution >= 0.6 is 0 Å². The lowest BCUT2D eigenvalue weighted by atomic mass is 10.0. The third-order valence-corrected chi connectivity index (χ3v) is 7.23. The molecule has 188 valence electrons. The Bertz CT molecular complexity index is 1650. The second kappa shape index (κ2) is 9.22. The lowest BCUT2D eigenvalue weighted by Crippen LogP contribution is -2.24. The van der Waals surface area contributed by atoms with E-state index >= 15 is 0 Å². The van der Waals surface area contributed by atoms with Crippen LogP contribution in [0.5, 0.6) is 0 Å². The van der Waals surface area contributed by atoms with E-state index in [1.54, 1.807) is 0 Å².